The summed E-state index contributed by atoms with van der Waals surface area (Å²) in [5.41, 5.74) is 0.795. The summed E-state index contributed by atoms with van der Waals surface area (Å²) < 4.78 is 0. The van der Waals surface area contributed by atoms with Crippen LogP contribution in [0.25, 0.3) is 0 Å². The highest BCUT2D eigenvalue weighted by atomic mass is 15.1. The zero-order valence-electron chi connectivity index (χ0n) is 11.9. The van der Waals surface area contributed by atoms with Gasteiger partial charge in [-0.15, -0.1) is 0 Å². The molecule has 0 radical (unpaired) electrons. The molecule has 0 amide bonds. The normalized spacial score (nSPS) is 32.3. The quantitative estimate of drug-likeness (QED) is 0.824. The second kappa shape index (κ2) is 5.92. The largest absolute Gasteiger partial charge is 0.314 e. The van der Waals surface area contributed by atoms with Crippen LogP contribution in [0, 0.1) is 5.41 Å². The lowest BCUT2D eigenvalue weighted by atomic mass is 9.77. The van der Waals surface area contributed by atoms with E-state index in [0.717, 1.165) is 11.5 Å². The number of hydrogen-bond acceptors (Lipinski definition) is 2. The maximum atomic E-state index is 3.62. The fraction of sp³-hybridized carbons (Fsp3) is 1.00. The molecule has 0 aromatic heterocycles. The van der Waals surface area contributed by atoms with Gasteiger partial charge in [0.05, 0.1) is 0 Å². The molecule has 0 bridgehead atoms. The van der Waals surface area contributed by atoms with Crippen LogP contribution in [0.4, 0.5) is 0 Å². The predicted octanol–water partition coefficient (Wildman–Crippen LogP) is 3.17. The Balaban J connectivity index is 1.32. The number of nitrogens with zero attached hydrogens (tertiary/aromatic N) is 1. The van der Waals surface area contributed by atoms with Crippen molar-refractivity contribution in [2.24, 2.45) is 5.41 Å². The number of nitrogens with one attached hydrogen (secondary N) is 1. The second-order valence-electron chi connectivity index (χ2n) is 6.98. The number of piperidine rings is 1. The van der Waals surface area contributed by atoms with Crippen molar-refractivity contribution in [3.8, 4) is 0 Å². The van der Waals surface area contributed by atoms with Gasteiger partial charge >= 0.3 is 0 Å². The van der Waals surface area contributed by atoms with Gasteiger partial charge in [0.2, 0.25) is 0 Å². The van der Waals surface area contributed by atoms with Gasteiger partial charge in [-0.25, -0.2) is 0 Å². The Morgan fingerprint density at radius 1 is 1.00 bits per heavy atom. The summed E-state index contributed by atoms with van der Waals surface area (Å²) in [6, 6.07) is 0.843. The summed E-state index contributed by atoms with van der Waals surface area (Å²) in [5.74, 6) is 0. The van der Waals surface area contributed by atoms with Gasteiger partial charge in [0.15, 0.2) is 0 Å². The molecule has 1 saturated carbocycles. The molecule has 1 unspecified atom stereocenters. The molecule has 1 N–H and O–H groups in total. The van der Waals surface area contributed by atoms with Gasteiger partial charge in [-0.05, 0) is 83.0 Å². The van der Waals surface area contributed by atoms with Crippen molar-refractivity contribution in [3.63, 3.8) is 0 Å². The third-order valence-electron chi connectivity index (χ3n) is 5.77. The summed E-state index contributed by atoms with van der Waals surface area (Å²) in [6.45, 7) is 5.39. The van der Waals surface area contributed by atoms with Crippen molar-refractivity contribution in [2.45, 2.75) is 70.3 Å². The first kappa shape index (κ1) is 12.9. The zero-order valence-corrected chi connectivity index (χ0v) is 11.9. The predicted molar refractivity (Wildman–Crippen MR) is 76.8 cm³/mol. The molecule has 104 valence electrons. The Hall–Kier alpha value is -0.0800. The molecule has 2 heteroatoms. The molecule has 0 aromatic rings. The Bertz CT molecular complexity index is 242. The lowest BCUT2D eigenvalue weighted by Crippen LogP contribution is -2.39. The van der Waals surface area contributed by atoms with Gasteiger partial charge < -0.3 is 10.2 Å². The highest BCUT2D eigenvalue weighted by molar-refractivity contribution is 4.89. The molecule has 3 rings (SSSR count). The molecule has 1 aliphatic carbocycles. The van der Waals surface area contributed by atoms with Crippen LogP contribution in [-0.2, 0) is 0 Å². The van der Waals surface area contributed by atoms with E-state index in [1.54, 1.807) is 0 Å². The standard InChI is InChI=1S/C16H30N2/c1-2-8-16(7-1)9-13-18(14-10-16)12-4-6-15-5-3-11-17-15/h15,17H,1-14H2. The molecular weight excluding hydrogens is 220 g/mol. The molecule has 0 aromatic carbocycles. The number of likely N-dealkylation sites (tertiary alicyclic amines) is 1. The zero-order chi connectivity index (χ0) is 12.3. The van der Waals surface area contributed by atoms with Gasteiger partial charge in [-0.2, -0.15) is 0 Å². The molecule has 2 nitrogen and oxygen atoms in total. The van der Waals surface area contributed by atoms with Crippen molar-refractivity contribution in [1.29, 1.82) is 0 Å². The first-order chi connectivity index (χ1) is 8.86. The van der Waals surface area contributed by atoms with E-state index < -0.39 is 0 Å². The summed E-state index contributed by atoms with van der Waals surface area (Å²) in [4.78, 5) is 2.73. The monoisotopic (exact) mass is 250 g/mol. The minimum absolute atomic E-state index is 0.795. The molecule has 1 atom stereocenters. The lowest BCUT2D eigenvalue weighted by Gasteiger charge is -2.39. The van der Waals surface area contributed by atoms with Crippen molar-refractivity contribution < 1.29 is 0 Å². The van der Waals surface area contributed by atoms with E-state index >= 15 is 0 Å². The first-order valence-corrected chi connectivity index (χ1v) is 8.32. The van der Waals surface area contributed by atoms with Gasteiger partial charge in [0.25, 0.3) is 0 Å². The first-order valence-electron chi connectivity index (χ1n) is 8.32. The molecule has 3 fully saturated rings. The summed E-state index contributed by atoms with van der Waals surface area (Å²) >= 11 is 0. The molecule has 3 aliphatic rings. The lowest BCUT2D eigenvalue weighted by molar-refractivity contribution is 0.107. The number of hydrogen-bond donors (Lipinski definition) is 1. The van der Waals surface area contributed by atoms with E-state index in [0.29, 0.717) is 0 Å². The van der Waals surface area contributed by atoms with Crippen LogP contribution in [0.15, 0.2) is 0 Å². The van der Waals surface area contributed by atoms with E-state index in [9.17, 15) is 0 Å². The minimum Gasteiger partial charge on any atom is -0.314 e. The Labute approximate surface area is 113 Å². The molecule has 1 spiro atoms. The van der Waals surface area contributed by atoms with Crippen LogP contribution in [0.5, 0.6) is 0 Å². The molecular formula is C16H30N2. The van der Waals surface area contributed by atoms with Crippen LogP contribution in [0.2, 0.25) is 0 Å². The van der Waals surface area contributed by atoms with Crippen molar-refractivity contribution in [2.75, 3.05) is 26.2 Å². The smallest absolute Gasteiger partial charge is 0.00680 e. The fourth-order valence-electron chi connectivity index (χ4n) is 4.44. The highest BCUT2D eigenvalue weighted by Gasteiger charge is 2.36. The second-order valence-corrected chi connectivity index (χ2v) is 6.98. The molecule has 2 heterocycles. The Morgan fingerprint density at radius 3 is 2.44 bits per heavy atom. The van der Waals surface area contributed by atoms with Crippen LogP contribution in [0.1, 0.15) is 64.2 Å². The van der Waals surface area contributed by atoms with E-state index in [1.165, 1.54) is 90.4 Å². The maximum absolute atomic E-state index is 3.62. The maximum Gasteiger partial charge on any atom is 0.00680 e. The van der Waals surface area contributed by atoms with Gasteiger partial charge in [0, 0.05) is 6.04 Å². The van der Waals surface area contributed by atoms with E-state index in [1.807, 2.05) is 0 Å². The molecule has 2 aliphatic heterocycles. The van der Waals surface area contributed by atoms with Gasteiger partial charge in [-0.1, -0.05) is 12.8 Å². The third-order valence-corrected chi connectivity index (χ3v) is 5.77. The molecule has 18 heavy (non-hydrogen) atoms. The van der Waals surface area contributed by atoms with Crippen LogP contribution < -0.4 is 5.32 Å². The van der Waals surface area contributed by atoms with Crippen LogP contribution in [0.3, 0.4) is 0 Å². The average molecular weight is 250 g/mol. The Kier molecular flexibility index (Phi) is 4.25. The van der Waals surface area contributed by atoms with Crippen LogP contribution in [-0.4, -0.2) is 37.1 Å². The SMILES string of the molecule is C1CNC(CCCN2CCC3(CCCC3)CC2)C1. The average Bonchev–Trinajstić information content (AvgIpc) is 3.04. The number of rotatable bonds is 4. The fourth-order valence-corrected chi connectivity index (χ4v) is 4.44. The topological polar surface area (TPSA) is 15.3 Å². The third kappa shape index (κ3) is 3.08. The van der Waals surface area contributed by atoms with Crippen molar-refractivity contribution >= 4 is 0 Å². The summed E-state index contributed by atoms with van der Waals surface area (Å²) in [5, 5.41) is 3.62. The van der Waals surface area contributed by atoms with Crippen molar-refractivity contribution in [1.82, 2.24) is 10.2 Å². The van der Waals surface area contributed by atoms with E-state index in [-0.39, 0.29) is 0 Å². The minimum atomic E-state index is 0.795. The summed E-state index contributed by atoms with van der Waals surface area (Å²) in [7, 11) is 0. The van der Waals surface area contributed by atoms with E-state index in [2.05, 4.69) is 10.2 Å². The van der Waals surface area contributed by atoms with Crippen LogP contribution >= 0.6 is 0 Å². The summed E-state index contributed by atoms with van der Waals surface area (Å²) in [6.07, 6.45) is 14.7. The molecule has 2 saturated heterocycles. The van der Waals surface area contributed by atoms with E-state index in [4.69, 9.17) is 0 Å². The highest BCUT2D eigenvalue weighted by Crippen LogP contribution is 2.46. The van der Waals surface area contributed by atoms with Gasteiger partial charge in [0.1, 0.15) is 0 Å². The van der Waals surface area contributed by atoms with Crippen molar-refractivity contribution in [3.05, 3.63) is 0 Å². The van der Waals surface area contributed by atoms with Gasteiger partial charge in [-0.3, -0.25) is 0 Å². The Morgan fingerprint density at radius 2 is 1.78 bits per heavy atom.